The number of rotatable bonds is 3. The Morgan fingerprint density at radius 3 is 2.83 bits per heavy atom. The molecule has 1 aromatic rings. The molecule has 1 aromatic heterocycles. The lowest BCUT2D eigenvalue weighted by Gasteiger charge is -2.09. The number of aromatic nitrogens is 1. The van der Waals surface area contributed by atoms with E-state index in [-0.39, 0.29) is 5.75 Å². The second-order valence-electron chi connectivity index (χ2n) is 3.17. The fourth-order valence-corrected chi connectivity index (χ4v) is 1.31. The maximum Gasteiger partial charge on any atom is 0.134 e. The van der Waals surface area contributed by atoms with Gasteiger partial charge in [0.1, 0.15) is 5.75 Å². The quantitative estimate of drug-likeness (QED) is 0.747. The van der Waals surface area contributed by atoms with Crippen molar-refractivity contribution in [2.45, 2.75) is 32.6 Å². The van der Waals surface area contributed by atoms with Gasteiger partial charge in [-0.2, -0.15) is 0 Å². The molecule has 0 radical (unpaired) electrons. The van der Waals surface area contributed by atoms with Gasteiger partial charge in [-0.15, -0.1) is 0 Å². The molecule has 0 spiro atoms. The van der Waals surface area contributed by atoms with E-state index in [1.54, 1.807) is 6.07 Å². The van der Waals surface area contributed by atoms with Crippen LogP contribution in [0.5, 0.6) is 5.75 Å². The Hall–Kier alpha value is -1.05. The number of pyridine rings is 1. The molecular weight excluding hydrogens is 150 g/mol. The van der Waals surface area contributed by atoms with Crippen molar-refractivity contribution in [1.29, 1.82) is 0 Å². The van der Waals surface area contributed by atoms with Gasteiger partial charge in [0.15, 0.2) is 0 Å². The first-order valence-corrected chi connectivity index (χ1v) is 4.38. The van der Waals surface area contributed by atoms with Gasteiger partial charge in [0, 0.05) is 6.20 Å². The predicted octanol–water partition coefficient (Wildman–Crippen LogP) is 2.69. The molecular formula is C10H15NO. The van der Waals surface area contributed by atoms with Crippen molar-refractivity contribution in [3.05, 3.63) is 24.0 Å². The molecule has 0 fully saturated rings. The van der Waals surface area contributed by atoms with E-state index in [9.17, 15) is 0 Å². The molecule has 2 nitrogen and oxygen atoms in total. The smallest absolute Gasteiger partial charge is 0.134 e. The minimum Gasteiger partial charge on any atom is -0.506 e. The highest BCUT2D eigenvalue weighted by molar-refractivity contribution is 5.24. The maximum absolute atomic E-state index is 9.17. The highest BCUT2D eigenvalue weighted by atomic mass is 16.3. The van der Waals surface area contributed by atoms with E-state index in [1.807, 2.05) is 6.20 Å². The summed E-state index contributed by atoms with van der Waals surface area (Å²) in [5, 5.41) is 9.17. The van der Waals surface area contributed by atoms with Crippen molar-refractivity contribution < 1.29 is 5.11 Å². The molecule has 0 aliphatic rings. The summed E-state index contributed by atoms with van der Waals surface area (Å²) in [4.78, 5) is 3.94. The molecule has 0 amide bonds. The summed E-state index contributed by atoms with van der Waals surface area (Å²) < 4.78 is 0. The Balaban J connectivity index is 2.73. The van der Waals surface area contributed by atoms with E-state index in [4.69, 9.17) is 5.11 Å². The van der Waals surface area contributed by atoms with Crippen molar-refractivity contribution in [3.8, 4) is 5.75 Å². The van der Waals surface area contributed by atoms with Crippen LogP contribution in [0.4, 0.5) is 0 Å². The Kier molecular flexibility index (Phi) is 3.09. The van der Waals surface area contributed by atoms with Crippen LogP contribution in [0.25, 0.3) is 0 Å². The average Bonchev–Trinajstić information content (AvgIpc) is 2.05. The van der Waals surface area contributed by atoms with Crippen molar-refractivity contribution >= 4 is 0 Å². The first kappa shape index (κ1) is 9.04. The zero-order valence-corrected chi connectivity index (χ0v) is 7.62. The summed E-state index contributed by atoms with van der Waals surface area (Å²) in [6.07, 6.45) is 5.59. The second-order valence-corrected chi connectivity index (χ2v) is 3.17. The van der Waals surface area contributed by atoms with Crippen LogP contribution in [0, 0.1) is 0 Å². The highest BCUT2D eigenvalue weighted by Crippen LogP contribution is 2.21. The molecule has 12 heavy (non-hydrogen) atoms. The van der Waals surface area contributed by atoms with Gasteiger partial charge >= 0.3 is 0 Å². The summed E-state index contributed by atoms with van der Waals surface area (Å²) >= 11 is 0. The summed E-state index contributed by atoms with van der Waals surface area (Å²) in [5.74, 6) is 0.755. The number of hydrogen-bond donors (Lipinski definition) is 1. The number of aromatic hydroxyl groups is 1. The zero-order valence-electron chi connectivity index (χ0n) is 7.62. The van der Waals surface area contributed by atoms with Crippen LogP contribution in [0.3, 0.4) is 0 Å². The number of hydrogen-bond acceptors (Lipinski definition) is 2. The van der Waals surface area contributed by atoms with E-state index in [1.165, 1.54) is 6.20 Å². The zero-order chi connectivity index (χ0) is 8.97. The maximum atomic E-state index is 9.17. The van der Waals surface area contributed by atoms with Crippen LogP contribution in [-0.2, 0) is 0 Å². The van der Waals surface area contributed by atoms with Crippen LogP contribution >= 0.6 is 0 Å². The van der Waals surface area contributed by atoms with E-state index in [0.29, 0.717) is 5.92 Å². The average molecular weight is 165 g/mol. The standard InChI is InChI=1S/C10H15NO/c1-3-4-8(2)9-5-10(12)7-11-6-9/h5-8,12H,3-4H2,1-2H3/t8-/m0/s1. The molecule has 0 aliphatic carbocycles. The molecule has 0 unspecified atom stereocenters. The normalized spacial score (nSPS) is 12.8. The van der Waals surface area contributed by atoms with Gasteiger partial charge in [-0.05, 0) is 24.0 Å². The van der Waals surface area contributed by atoms with Crippen molar-refractivity contribution in [1.82, 2.24) is 4.98 Å². The fourth-order valence-electron chi connectivity index (χ4n) is 1.31. The summed E-state index contributed by atoms with van der Waals surface area (Å²) in [5.41, 5.74) is 1.12. The fraction of sp³-hybridized carbons (Fsp3) is 0.500. The molecule has 0 saturated heterocycles. The van der Waals surface area contributed by atoms with Crippen molar-refractivity contribution in [3.63, 3.8) is 0 Å². The largest absolute Gasteiger partial charge is 0.506 e. The van der Waals surface area contributed by atoms with Crippen LogP contribution < -0.4 is 0 Å². The lowest BCUT2D eigenvalue weighted by atomic mass is 9.98. The summed E-state index contributed by atoms with van der Waals surface area (Å²) in [7, 11) is 0. The van der Waals surface area contributed by atoms with Gasteiger partial charge in [-0.3, -0.25) is 4.98 Å². The molecule has 1 N–H and O–H groups in total. The van der Waals surface area contributed by atoms with Crippen molar-refractivity contribution in [2.75, 3.05) is 0 Å². The Bertz CT molecular complexity index is 247. The molecule has 0 aromatic carbocycles. The van der Waals surface area contributed by atoms with Crippen LogP contribution in [0.2, 0.25) is 0 Å². The first-order valence-electron chi connectivity index (χ1n) is 4.38. The lowest BCUT2D eigenvalue weighted by molar-refractivity contribution is 0.470. The third-order valence-electron chi connectivity index (χ3n) is 2.04. The van der Waals surface area contributed by atoms with E-state index >= 15 is 0 Å². The highest BCUT2D eigenvalue weighted by Gasteiger charge is 2.04. The first-order chi connectivity index (χ1) is 5.74. The minimum absolute atomic E-state index is 0.260. The molecule has 2 heteroatoms. The monoisotopic (exact) mass is 165 g/mol. The molecule has 66 valence electrons. The van der Waals surface area contributed by atoms with E-state index in [0.717, 1.165) is 18.4 Å². The van der Waals surface area contributed by atoms with Crippen LogP contribution in [-0.4, -0.2) is 10.1 Å². The van der Waals surface area contributed by atoms with Crippen LogP contribution in [0.1, 0.15) is 38.2 Å². The van der Waals surface area contributed by atoms with Gasteiger partial charge in [0.05, 0.1) is 6.20 Å². The van der Waals surface area contributed by atoms with Gasteiger partial charge < -0.3 is 5.11 Å². The molecule has 0 saturated carbocycles. The van der Waals surface area contributed by atoms with E-state index in [2.05, 4.69) is 18.8 Å². The Morgan fingerprint density at radius 1 is 1.50 bits per heavy atom. The molecule has 0 bridgehead atoms. The Labute approximate surface area is 73.3 Å². The van der Waals surface area contributed by atoms with Gasteiger partial charge in [0.25, 0.3) is 0 Å². The molecule has 1 heterocycles. The van der Waals surface area contributed by atoms with Gasteiger partial charge in [0.2, 0.25) is 0 Å². The van der Waals surface area contributed by atoms with E-state index < -0.39 is 0 Å². The van der Waals surface area contributed by atoms with Crippen LogP contribution in [0.15, 0.2) is 18.5 Å². The Morgan fingerprint density at radius 2 is 2.25 bits per heavy atom. The minimum atomic E-state index is 0.260. The van der Waals surface area contributed by atoms with Crippen molar-refractivity contribution in [2.24, 2.45) is 0 Å². The second kappa shape index (κ2) is 4.10. The SMILES string of the molecule is CCC[C@H](C)c1cncc(O)c1. The third-order valence-corrected chi connectivity index (χ3v) is 2.04. The summed E-state index contributed by atoms with van der Waals surface area (Å²) in [6.45, 7) is 4.31. The molecule has 0 aliphatic heterocycles. The predicted molar refractivity (Wildman–Crippen MR) is 49.2 cm³/mol. The lowest BCUT2D eigenvalue weighted by Crippen LogP contribution is -1.92. The third kappa shape index (κ3) is 2.22. The summed E-state index contributed by atoms with van der Waals surface area (Å²) in [6, 6.07) is 1.79. The van der Waals surface area contributed by atoms with Gasteiger partial charge in [-0.1, -0.05) is 20.3 Å². The van der Waals surface area contributed by atoms with Gasteiger partial charge in [-0.25, -0.2) is 0 Å². The molecule has 1 rings (SSSR count). The molecule has 1 atom stereocenters. The number of nitrogens with zero attached hydrogens (tertiary/aromatic N) is 1. The topological polar surface area (TPSA) is 33.1 Å².